The number of nitrogens with zero attached hydrogens (tertiary/aromatic N) is 1. The summed E-state index contributed by atoms with van der Waals surface area (Å²) in [5, 5.41) is 3.95. The second kappa shape index (κ2) is 7.26. The summed E-state index contributed by atoms with van der Waals surface area (Å²) in [5.41, 5.74) is 1.84. The van der Waals surface area contributed by atoms with Crippen molar-refractivity contribution in [1.29, 1.82) is 0 Å². The first-order chi connectivity index (χ1) is 10.5. The molecule has 0 aliphatic heterocycles. The van der Waals surface area contributed by atoms with Crippen LogP contribution in [0.25, 0.3) is 0 Å². The molecule has 120 valence electrons. The van der Waals surface area contributed by atoms with E-state index in [0.29, 0.717) is 23.7 Å². The molecule has 0 saturated heterocycles. The molecule has 0 fully saturated rings. The van der Waals surface area contributed by atoms with Gasteiger partial charge < -0.3 is 4.74 Å². The lowest BCUT2D eigenvalue weighted by Gasteiger charge is -2.21. The second-order valence-corrected chi connectivity index (χ2v) is 7.82. The number of hydrogen-bond donors (Lipinski definition) is 0. The van der Waals surface area contributed by atoms with Crippen LogP contribution in [0, 0.1) is 6.92 Å². The lowest BCUT2D eigenvalue weighted by Crippen LogP contribution is -2.31. The second-order valence-electron chi connectivity index (χ2n) is 5.10. The Morgan fingerprint density at radius 3 is 2.59 bits per heavy atom. The number of ether oxygens (including phenoxy) is 1. The van der Waals surface area contributed by atoms with Crippen LogP contribution in [0.3, 0.4) is 0 Å². The van der Waals surface area contributed by atoms with Gasteiger partial charge in [0.25, 0.3) is 0 Å². The molecule has 1 heterocycles. The number of benzene rings is 1. The van der Waals surface area contributed by atoms with Crippen molar-refractivity contribution in [1.82, 2.24) is 4.31 Å². The minimum absolute atomic E-state index is 0.314. The highest BCUT2D eigenvalue weighted by molar-refractivity contribution is 7.89. The largest absolute Gasteiger partial charge is 0.496 e. The van der Waals surface area contributed by atoms with Crippen molar-refractivity contribution in [2.24, 2.45) is 0 Å². The van der Waals surface area contributed by atoms with Gasteiger partial charge in [-0.05, 0) is 59.5 Å². The maximum atomic E-state index is 12.9. The zero-order valence-electron chi connectivity index (χ0n) is 13.1. The molecule has 0 saturated carbocycles. The molecule has 6 heteroatoms. The molecule has 0 amide bonds. The first-order valence-electron chi connectivity index (χ1n) is 7.15. The van der Waals surface area contributed by atoms with Gasteiger partial charge in [0.1, 0.15) is 5.75 Å². The molecule has 0 radical (unpaired) electrons. The Labute approximate surface area is 136 Å². The fourth-order valence-electron chi connectivity index (χ4n) is 2.28. The highest BCUT2D eigenvalue weighted by Crippen LogP contribution is 2.25. The SMILES string of the molecule is CCCN(Cc1ccsc1)S(=O)(=O)c1ccc(OC)c(C)c1. The number of methoxy groups -OCH3 is 1. The zero-order valence-corrected chi connectivity index (χ0v) is 14.7. The van der Waals surface area contributed by atoms with Crippen molar-refractivity contribution in [3.05, 3.63) is 46.2 Å². The highest BCUT2D eigenvalue weighted by atomic mass is 32.2. The van der Waals surface area contributed by atoms with Crippen molar-refractivity contribution < 1.29 is 13.2 Å². The lowest BCUT2D eigenvalue weighted by molar-refractivity contribution is 0.404. The topological polar surface area (TPSA) is 46.6 Å². The fourth-order valence-corrected chi connectivity index (χ4v) is 4.55. The van der Waals surface area contributed by atoms with Crippen molar-refractivity contribution in [3.63, 3.8) is 0 Å². The van der Waals surface area contributed by atoms with Crippen LogP contribution < -0.4 is 4.74 Å². The van der Waals surface area contributed by atoms with Crippen LogP contribution in [0.2, 0.25) is 0 Å². The van der Waals surface area contributed by atoms with Crippen LogP contribution in [-0.4, -0.2) is 26.4 Å². The predicted molar refractivity (Wildman–Crippen MR) is 89.9 cm³/mol. The summed E-state index contributed by atoms with van der Waals surface area (Å²) in [5.74, 6) is 0.693. The maximum Gasteiger partial charge on any atom is 0.243 e. The molecule has 1 aromatic heterocycles. The van der Waals surface area contributed by atoms with Gasteiger partial charge in [-0.15, -0.1) is 0 Å². The van der Waals surface area contributed by atoms with E-state index < -0.39 is 10.0 Å². The number of hydrogen-bond acceptors (Lipinski definition) is 4. The molecule has 0 aliphatic rings. The number of aryl methyl sites for hydroxylation is 1. The molecule has 0 spiro atoms. The normalized spacial score (nSPS) is 11.8. The molecule has 22 heavy (non-hydrogen) atoms. The van der Waals surface area contributed by atoms with Gasteiger partial charge in [-0.25, -0.2) is 8.42 Å². The van der Waals surface area contributed by atoms with Gasteiger partial charge in [0, 0.05) is 13.1 Å². The minimum atomic E-state index is -3.50. The monoisotopic (exact) mass is 339 g/mol. The Kier molecular flexibility index (Phi) is 5.61. The van der Waals surface area contributed by atoms with Crippen LogP contribution in [0.4, 0.5) is 0 Å². The van der Waals surface area contributed by atoms with Crippen molar-refractivity contribution in [2.75, 3.05) is 13.7 Å². The average Bonchev–Trinajstić information content (AvgIpc) is 2.99. The predicted octanol–water partition coefficient (Wildman–Crippen LogP) is 3.67. The number of rotatable bonds is 7. The van der Waals surface area contributed by atoms with Gasteiger partial charge in [-0.2, -0.15) is 15.6 Å². The third-order valence-electron chi connectivity index (χ3n) is 3.42. The van der Waals surface area contributed by atoms with E-state index in [2.05, 4.69) is 0 Å². The van der Waals surface area contributed by atoms with E-state index in [1.54, 1.807) is 36.6 Å². The minimum Gasteiger partial charge on any atom is -0.496 e. The first-order valence-corrected chi connectivity index (χ1v) is 9.53. The molecule has 1 aromatic carbocycles. The van der Waals surface area contributed by atoms with Crippen LogP contribution >= 0.6 is 11.3 Å². The summed E-state index contributed by atoms with van der Waals surface area (Å²) in [6, 6.07) is 6.95. The molecule has 0 unspecified atom stereocenters. The van der Waals surface area contributed by atoms with Gasteiger partial charge in [0.15, 0.2) is 0 Å². The molecule has 0 N–H and O–H groups in total. The molecule has 2 aromatic rings. The van der Waals surface area contributed by atoms with E-state index in [4.69, 9.17) is 4.74 Å². The first kappa shape index (κ1) is 17.0. The van der Waals surface area contributed by atoms with E-state index >= 15 is 0 Å². The Morgan fingerprint density at radius 1 is 1.27 bits per heavy atom. The number of sulfonamides is 1. The van der Waals surface area contributed by atoms with Gasteiger partial charge in [-0.3, -0.25) is 0 Å². The molecule has 0 aliphatic carbocycles. The standard InChI is InChI=1S/C16H21NO3S2/c1-4-8-17(11-14-7-9-21-12-14)22(18,19)15-5-6-16(20-3)13(2)10-15/h5-7,9-10,12H,4,8,11H2,1-3H3. The van der Waals surface area contributed by atoms with Crippen LogP contribution in [0.15, 0.2) is 39.9 Å². The molecular formula is C16H21NO3S2. The van der Waals surface area contributed by atoms with E-state index in [-0.39, 0.29) is 0 Å². The third-order valence-corrected chi connectivity index (χ3v) is 5.99. The third kappa shape index (κ3) is 3.69. The van der Waals surface area contributed by atoms with Gasteiger partial charge in [0.2, 0.25) is 10.0 Å². The summed E-state index contributed by atoms with van der Waals surface area (Å²) in [6.07, 6.45) is 0.776. The zero-order chi connectivity index (χ0) is 16.2. The van der Waals surface area contributed by atoms with E-state index in [9.17, 15) is 8.42 Å². The van der Waals surface area contributed by atoms with E-state index in [1.165, 1.54) is 4.31 Å². The molecule has 2 rings (SSSR count). The molecule has 0 bridgehead atoms. The van der Waals surface area contributed by atoms with Gasteiger partial charge >= 0.3 is 0 Å². The van der Waals surface area contributed by atoms with E-state index in [0.717, 1.165) is 17.5 Å². The van der Waals surface area contributed by atoms with Gasteiger partial charge in [-0.1, -0.05) is 6.92 Å². The van der Waals surface area contributed by atoms with Gasteiger partial charge in [0.05, 0.1) is 12.0 Å². The number of thiophene rings is 1. The smallest absolute Gasteiger partial charge is 0.243 e. The summed E-state index contributed by atoms with van der Waals surface area (Å²) in [6.45, 7) is 4.74. The van der Waals surface area contributed by atoms with Crippen LogP contribution in [0.5, 0.6) is 5.75 Å². The van der Waals surface area contributed by atoms with Crippen LogP contribution in [0.1, 0.15) is 24.5 Å². The average molecular weight is 339 g/mol. The molecule has 0 atom stereocenters. The maximum absolute atomic E-state index is 12.9. The Bertz CT molecular complexity index is 709. The Balaban J connectivity index is 2.34. The summed E-state index contributed by atoms with van der Waals surface area (Å²) in [7, 11) is -1.92. The highest BCUT2D eigenvalue weighted by Gasteiger charge is 2.24. The molecular weight excluding hydrogens is 318 g/mol. The Morgan fingerprint density at radius 2 is 2.05 bits per heavy atom. The van der Waals surface area contributed by atoms with Crippen molar-refractivity contribution >= 4 is 21.4 Å². The lowest BCUT2D eigenvalue weighted by atomic mass is 10.2. The Hall–Kier alpha value is -1.37. The van der Waals surface area contributed by atoms with Crippen molar-refractivity contribution in [3.8, 4) is 5.75 Å². The van der Waals surface area contributed by atoms with Crippen LogP contribution in [-0.2, 0) is 16.6 Å². The quantitative estimate of drug-likeness (QED) is 0.773. The summed E-state index contributed by atoms with van der Waals surface area (Å²) in [4.78, 5) is 0.314. The molecule has 4 nitrogen and oxygen atoms in total. The van der Waals surface area contributed by atoms with E-state index in [1.807, 2.05) is 30.7 Å². The summed E-state index contributed by atoms with van der Waals surface area (Å²) >= 11 is 1.58. The summed E-state index contributed by atoms with van der Waals surface area (Å²) < 4.78 is 32.5. The van der Waals surface area contributed by atoms with Crippen molar-refractivity contribution in [2.45, 2.75) is 31.7 Å². The fraction of sp³-hybridized carbons (Fsp3) is 0.375.